The quantitative estimate of drug-likeness (QED) is 0.788. The van der Waals surface area contributed by atoms with Gasteiger partial charge in [0.15, 0.2) is 0 Å². The van der Waals surface area contributed by atoms with Gasteiger partial charge in [-0.15, -0.1) is 0 Å². The molecule has 0 saturated carbocycles. The largest absolute Gasteiger partial charge is 0.481 e. The second-order valence-corrected chi connectivity index (χ2v) is 7.33. The van der Waals surface area contributed by atoms with E-state index in [-0.39, 0.29) is 23.5 Å². The van der Waals surface area contributed by atoms with Crippen LogP contribution in [0.1, 0.15) is 54.9 Å². The maximum atomic E-state index is 12.3. The SMILES string of the molecule is CCN(CC(C)C(=O)O)C(=O)NC(C)(C)CC(C)(C)C. The lowest BCUT2D eigenvalue weighted by Crippen LogP contribution is -2.52. The van der Waals surface area contributed by atoms with Crippen molar-refractivity contribution >= 4 is 12.0 Å². The van der Waals surface area contributed by atoms with E-state index >= 15 is 0 Å². The molecule has 1 unspecified atom stereocenters. The highest BCUT2D eigenvalue weighted by molar-refractivity contribution is 5.76. The fourth-order valence-electron chi connectivity index (χ4n) is 2.50. The van der Waals surface area contributed by atoms with E-state index in [0.717, 1.165) is 6.42 Å². The Kier molecular flexibility index (Phi) is 6.51. The van der Waals surface area contributed by atoms with Crippen LogP contribution in [0.25, 0.3) is 0 Å². The van der Waals surface area contributed by atoms with Crippen LogP contribution in [0.15, 0.2) is 0 Å². The van der Waals surface area contributed by atoms with E-state index < -0.39 is 11.9 Å². The van der Waals surface area contributed by atoms with Crippen molar-refractivity contribution in [2.75, 3.05) is 13.1 Å². The molecular weight excluding hydrogens is 256 g/mol. The molecule has 0 aliphatic heterocycles. The predicted molar refractivity (Wildman–Crippen MR) is 80.7 cm³/mol. The van der Waals surface area contributed by atoms with Crippen molar-refractivity contribution in [2.45, 2.75) is 60.4 Å². The number of carbonyl (C=O) groups excluding carboxylic acids is 1. The number of nitrogens with one attached hydrogen (secondary N) is 1. The topological polar surface area (TPSA) is 69.6 Å². The lowest BCUT2D eigenvalue weighted by atomic mass is 9.82. The Morgan fingerprint density at radius 2 is 1.70 bits per heavy atom. The second-order valence-electron chi connectivity index (χ2n) is 7.33. The third-order valence-corrected chi connectivity index (χ3v) is 3.00. The van der Waals surface area contributed by atoms with Gasteiger partial charge in [0, 0.05) is 18.6 Å². The van der Waals surface area contributed by atoms with Crippen LogP contribution in [0, 0.1) is 11.3 Å². The van der Waals surface area contributed by atoms with Crippen molar-refractivity contribution in [2.24, 2.45) is 11.3 Å². The molecule has 5 nitrogen and oxygen atoms in total. The van der Waals surface area contributed by atoms with Crippen LogP contribution in [-0.2, 0) is 4.79 Å². The minimum atomic E-state index is -0.884. The number of hydrogen-bond acceptors (Lipinski definition) is 2. The van der Waals surface area contributed by atoms with Crippen molar-refractivity contribution in [1.29, 1.82) is 0 Å². The highest BCUT2D eigenvalue weighted by Crippen LogP contribution is 2.26. The summed E-state index contributed by atoms with van der Waals surface area (Å²) in [4.78, 5) is 24.7. The second kappa shape index (κ2) is 6.95. The molecule has 0 rings (SSSR count). The molecule has 20 heavy (non-hydrogen) atoms. The van der Waals surface area contributed by atoms with Gasteiger partial charge in [-0.05, 0) is 32.6 Å². The third kappa shape index (κ3) is 7.36. The number of rotatable bonds is 6. The third-order valence-electron chi connectivity index (χ3n) is 3.00. The smallest absolute Gasteiger partial charge is 0.317 e. The molecule has 1 atom stereocenters. The number of carbonyl (C=O) groups is 2. The summed E-state index contributed by atoms with van der Waals surface area (Å²) >= 11 is 0. The van der Waals surface area contributed by atoms with Crippen LogP contribution in [0.5, 0.6) is 0 Å². The monoisotopic (exact) mass is 286 g/mol. The predicted octanol–water partition coefficient (Wildman–Crippen LogP) is 2.95. The Labute approximate surface area is 122 Å². The number of carboxylic acid groups (broad SMARTS) is 1. The molecule has 0 aromatic carbocycles. The zero-order valence-corrected chi connectivity index (χ0v) is 13.9. The molecule has 0 aliphatic rings. The van der Waals surface area contributed by atoms with Crippen molar-refractivity contribution in [3.05, 3.63) is 0 Å². The summed E-state index contributed by atoms with van der Waals surface area (Å²) in [6.07, 6.45) is 0.845. The Hall–Kier alpha value is -1.26. The van der Waals surface area contributed by atoms with Gasteiger partial charge in [0.25, 0.3) is 0 Å². The van der Waals surface area contributed by atoms with Crippen LogP contribution >= 0.6 is 0 Å². The normalized spacial score (nSPS) is 13.8. The maximum Gasteiger partial charge on any atom is 0.317 e. The molecule has 0 spiro atoms. The molecule has 2 N–H and O–H groups in total. The van der Waals surface area contributed by atoms with Gasteiger partial charge in [0.2, 0.25) is 0 Å². The lowest BCUT2D eigenvalue weighted by Gasteiger charge is -2.35. The van der Waals surface area contributed by atoms with Crippen molar-refractivity contribution in [3.63, 3.8) is 0 Å². The van der Waals surface area contributed by atoms with Gasteiger partial charge < -0.3 is 15.3 Å². The van der Waals surface area contributed by atoms with Gasteiger partial charge >= 0.3 is 12.0 Å². The molecule has 0 aliphatic carbocycles. The van der Waals surface area contributed by atoms with Crippen LogP contribution in [0.2, 0.25) is 0 Å². The van der Waals surface area contributed by atoms with Gasteiger partial charge in [-0.2, -0.15) is 0 Å². The van der Waals surface area contributed by atoms with Gasteiger partial charge in [-0.25, -0.2) is 4.79 Å². The molecule has 0 heterocycles. The number of amides is 2. The van der Waals surface area contributed by atoms with Crippen molar-refractivity contribution < 1.29 is 14.7 Å². The fraction of sp³-hybridized carbons (Fsp3) is 0.867. The Balaban J connectivity index is 4.66. The van der Waals surface area contributed by atoms with Gasteiger partial charge in [0.05, 0.1) is 5.92 Å². The average molecular weight is 286 g/mol. The number of nitrogens with zero attached hydrogens (tertiary/aromatic N) is 1. The van der Waals surface area contributed by atoms with E-state index in [2.05, 4.69) is 26.1 Å². The molecule has 0 bridgehead atoms. The fourth-order valence-corrected chi connectivity index (χ4v) is 2.50. The van der Waals surface area contributed by atoms with E-state index in [9.17, 15) is 9.59 Å². The summed E-state index contributed by atoms with van der Waals surface area (Å²) in [5.41, 5.74) is -0.211. The van der Waals surface area contributed by atoms with E-state index in [1.807, 2.05) is 20.8 Å². The zero-order chi connectivity index (χ0) is 16.1. The van der Waals surface area contributed by atoms with Crippen LogP contribution < -0.4 is 5.32 Å². The molecule has 5 heteroatoms. The zero-order valence-electron chi connectivity index (χ0n) is 13.9. The summed E-state index contributed by atoms with van der Waals surface area (Å²) < 4.78 is 0. The first-order valence-electron chi connectivity index (χ1n) is 7.18. The Morgan fingerprint density at radius 1 is 1.20 bits per heavy atom. The number of hydrogen-bond donors (Lipinski definition) is 2. The van der Waals surface area contributed by atoms with Crippen LogP contribution in [-0.4, -0.2) is 40.6 Å². The summed E-state index contributed by atoms with van der Waals surface area (Å²) in [7, 11) is 0. The van der Waals surface area contributed by atoms with Crippen LogP contribution in [0.4, 0.5) is 4.79 Å². The Morgan fingerprint density at radius 3 is 2.05 bits per heavy atom. The maximum absolute atomic E-state index is 12.3. The number of carboxylic acids is 1. The molecule has 0 radical (unpaired) electrons. The summed E-state index contributed by atoms with van der Waals surface area (Å²) in [6.45, 7) is 14.6. The van der Waals surface area contributed by atoms with Gasteiger partial charge in [-0.1, -0.05) is 27.7 Å². The Bertz CT molecular complexity index is 346. The molecule has 118 valence electrons. The van der Waals surface area contributed by atoms with Crippen molar-refractivity contribution in [1.82, 2.24) is 10.2 Å². The summed E-state index contributed by atoms with van der Waals surface area (Å²) in [5, 5.41) is 11.9. The van der Waals surface area contributed by atoms with E-state index in [4.69, 9.17) is 5.11 Å². The molecule has 0 aromatic rings. The van der Waals surface area contributed by atoms with Gasteiger partial charge in [-0.3, -0.25) is 4.79 Å². The van der Waals surface area contributed by atoms with E-state index in [1.54, 1.807) is 11.8 Å². The highest BCUT2D eigenvalue weighted by atomic mass is 16.4. The lowest BCUT2D eigenvalue weighted by molar-refractivity contribution is -0.141. The van der Waals surface area contributed by atoms with E-state index in [0.29, 0.717) is 6.54 Å². The molecular formula is C15H30N2O3. The number of urea groups is 1. The van der Waals surface area contributed by atoms with Crippen LogP contribution in [0.3, 0.4) is 0 Å². The first kappa shape index (κ1) is 18.7. The molecule has 0 aromatic heterocycles. The number of aliphatic carboxylic acids is 1. The standard InChI is InChI=1S/C15H30N2O3/c1-8-17(9-11(2)12(18)19)13(20)16-15(6,7)10-14(3,4)5/h11H,8-10H2,1-7H3,(H,16,20)(H,18,19). The first-order valence-corrected chi connectivity index (χ1v) is 7.18. The summed E-state index contributed by atoms with van der Waals surface area (Å²) in [6, 6.07) is -0.199. The van der Waals surface area contributed by atoms with E-state index in [1.165, 1.54) is 0 Å². The van der Waals surface area contributed by atoms with Crippen molar-refractivity contribution in [3.8, 4) is 0 Å². The molecule has 0 fully saturated rings. The molecule has 2 amide bonds. The highest BCUT2D eigenvalue weighted by Gasteiger charge is 2.29. The average Bonchev–Trinajstić information content (AvgIpc) is 2.20. The molecule has 0 saturated heterocycles. The summed E-state index contributed by atoms with van der Waals surface area (Å²) in [5.74, 6) is -1.45. The first-order chi connectivity index (χ1) is 8.88. The minimum absolute atomic E-state index is 0.113. The minimum Gasteiger partial charge on any atom is -0.481 e. The van der Waals surface area contributed by atoms with Gasteiger partial charge in [0.1, 0.15) is 0 Å².